The molecule has 1 aliphatic rings. The van der Waals surface area contributed by atoms with Crippen molar-refractivity contribution in [1.29, 1.82) is 26.3 Å². The molecule has 256 valence electrons. The molecule has 1 amide bonds. The molecule has 1 heterocycles. The average Bonchev–Trinajstić information content (AvgIpc) is 3.19. The minimum Gasteiger partial charge on any atom is -0.450 e. The summed E-state index contributed by atoms with van der Waals surface area (Å²) in [6.07, 6.45) is 12.3. The van der Waals surface area contributed by atoms with Gasteiger partial charge in [0.25, 0.3) is 5.70 Å². The third kappa shape index (κ3) is 10.3. The molecule has 2 aromatic carbocycles. The second-order valence-corrected chi connectivity index (χ2v) is 11.0. The van der Waals surface area contributed by atoms with E-state index in [1.54, 1.807) is 90.7 Å². The Balaban J connectivity index is 2.10. The van der Waals surface area contributed by atoms with E-state index in [9.17, 15) is 31.1 Å². The summed E-state index contributed by atoms with van der Waals surface area (Å²) in [5.41, 5.74) is 3.64. The highest BCUT2D eigenvalue weighted by Crippen LogP contribution is 2.29. The summed E-state index contributed by atoms with van der Waals surface area (Å²) in [5.74, 6) is -1.14. The molecule has 0 bridgehead atoms. The van der Waals surface area contributed by atoms with Gasteiger partial charge in [-0.3, -0.25) is 0 Å². The molecule has 0 unspecified atom stereocenters. The zero-order chi connectivity index (χ0) is 37.7. The summed E-state index contributed by atoms with van der Waals surface area (Å²) < 4.78 is 5.19. The number of carbonyl (C=O) groups excluding carboxylic acids is 1. The maximum Gasteiger partial charge on any atom is 0.409 e. The van der Waals surface area contributed by atoms with Crippen LogP contribution in [0.5, 0.6) is 0 Å². The molecular weight excluding hydrogens is 649 g/mol. The smallest absolute Gasteiger partial charge is 0.409 e. The number of piperazine rings is 1. The van der Waals surface area contributed by atoms with Gasteiger partial charge in [-0.05, 0) is 48.3 Å². The number of carbonyl (C=O) groups is 1. The standard InChI is InChI=1S/C42H36N8O2/c1-4-32(20-14-21-35(27-43)40(37(29-45)30-46)33-15-8-6-9-16-33)39(49-23-25-50(26-24-49)42(51)52-5-2)22-13-12-19-36(28-44)41(38(31-47)48-3)34-17-10-7-11-18-34/h6-22,37H,4-5,23-26H2,1-2H3. The van der Waals surface area contributed by atoms with E-state index in [-0.39, 0.29) is 35.1 Å². The van der Waals surface area contributed by atoms with Gasteiger partial charge in [0.05, 0.1) is 54.7 Å². The van der Waals surface area contributed by atoms with Gasteiger partial charge >= 0.3 is 6.09 Å². The normalized spacial score (nSPS) is 14.7. The van der Waals surface area contributed by atoms with Crippen molar-refractivity contribution >= 4 is 17.2 Å². The Morgan fingerprint density at radius 3 is 1.92 bits per heavy atom. The molecule has 0 atom stereocenters. The Bertz CT molecular complexity index is 2040. The van der Waals surface area contributed by atoms with Crippen molar-refractivity contribution in [2.24, 2.45) is 5.92 Å². The summed E-state index contributed by atoms with van der Waals surface area (Å²) in [5, 5.41) is 49.2. The van der Waals surface area contributed by atoms with Crippen LogP contribution in [0.1, 0.15) is 31.4 Å². The third-order valence-electron chi connectivity index (χ3n) is 7.99. The van der Waals surface area contributed by atoms with Crippen LogP contribution in [-0.2, 0) is 4.74 Å². The molecule has 0 saturated carbocycles. The summed E-state index contributed by atoms with van der Waals surface area (Å²) in [6.45, 7) is 13.5. The van der Waals surface area contributed by atoms with Crippen LogP contribution < -0.4 is 0 Å². The van der Waals surface area contributed by atoms with Gasteiger partial charge in [0, 0.05) is 43.0 Å². The number of nitrogens with zero attached hydrogens (tertiary/aromatic N) is 8. The van der Waals surface area contributed by atoms with E-state index >= 15 is 0 Å². The van der Waals surface area contributed by atoms with Gasteiger partial charge in [0.2, 0.25) is 0 Å². The highest BCUT2D eigenvalue weighted by molar-refractivity contribution is 5.88. The lowest BCUT2D eigenvalue weighted by Crippen LogP contribution is -2.48. The minimum absolute atomic E-state index is 0.153. The number of hydrogen-bond donors (Lipinski definition) is 0. The maximum absolute atomic E-state index is 12.4. The van der Waals surface area contributed by atoms with E-state index in [1.165, 1.54) is 0 Å². The van der Waals surface area contributed by atoms with Gasteiger partial charge in [-0.2, -0.15) is 21.0 Å². The maximum atomic E-state index is 12.4. The average molecular weight is 685 g/mol. The van der Waals surface area contributed by atoms with E-state index in [1.807, 2.05) is 49.4 Å². The molecule has 0 aromatic heterocycles. The Hall–Kier alpha value is -7.37. The SMILES string of the molecule is [C-]#[N+]C(C#N)=C(C(C#N)=CC=CC=C(C(=CC=CC(C#N)=C(c1ccccc1)C(C#N)C#N)CC)N1CCN(C(=O)OCC)CC1)c1ccccc1. The number of ether oxygens (including phenoxy) is 1. The molecule has 2 aromatic rings. The van der Waals surface area contributed by atoms with Crippen LogP contribution in [0.2, 0.25) is 0 Å². The third-order valence-corrected chi connectivity index (χ3v) is 7.99. The first-order valence-electron chi connectivity index (χ1n) is 16.5. The molecular formula is C42H36N8O2. The lowest BCUT2D eigenvalue weighted by atomic mass is 9.90. The second-order valence-electron chi connectivity index (χ2n) is 11.0. The molecule has 0 aliphatic carbocycles. The van der Waals surface area contributed by atoms with Crippen molar-refractivity contribution in [3.63, 3.8) is 0 Å². The molecule has 1 aliphatic heterocycles. The summed E-state index contributed by atoms with van der Waals surface area (Å²) >= 11 is 0. The molecule has 1 saturated heterocycles. The zero-order valence-electron chi connectivity index (χ0n) is 29.0. The summed E-state index contributed by atoms with van der Waals surface area (Å²) in [4.78, 5) is 19.5. The van der Waals surface area contributed by atoms with Gasteiger partial charge in [-0.25, -0.2) is 14.9 Å². The number of allylic oxidation sites excluding steroid dienone is 13. The van der Waals surface area contributed by atoms with Crippen molar-refractivity contribution in [3.8, 4) is 30.3 Å². The van der Waals surface area contributed by atoms with Gasteiger partial charge in [0.1, 0.15) is 0 Å². The van der Waals surface area contributed by atoms with E-state index in [2.05, 4.69) is 21.9 Å². The molecule has 3 rings (SSSR count). The Kier molecular flexibility index (Phi) is 15.7. The van der Waals surface area contributed by atoms with E-state index in [0.717, 1.165) is 11.3 Å². The number of hydrogen-bond acceptors (Lipinski definition) is 8. The molecule has 52 heavy (non-hydrogen) atoms. The first kappa shape index (κ1) is 39.1. The second kappa shape index (κ2) is 20.9. The van der Waals surface area contributed by atoms with Gasteiger partial charge < -0.3 is 14.5 Å². The van der Waals surface area contributed by atoms with Crippen molar-refractivity contribution < 1.29 is 9.53 Å². The molecule has 1 fully saturated rings. The monoisotopic (exact) mass is 684 g/mol. The van der Waals surface area contributed by atoms with Gasteiger partial charge in [0.15, 0.2) is 5.92 Å². The first-order chi connectivity index (χ1) is 25.4. The van der Waals surface area contributed by atoms with Crippen molar-refractivity contribution in [1.82, 2.24) is 9.80 Å². The highest BCUT2D eigenvalue weighted by atomic mass is 16.6. The Morgan fingerprint density at radius 2 is 1.40 bits per heavy atom. The molecule has 0 spiro atoms. The predicted octanol–water partition coefficient (Wildman–Crippen LogP) is 8.04. The minimum atomic E-state index is -1.14. The lowest BCUT2D eigenvalue weighted by Gasteiger charge is -2.37. The number of amides is 1. The van der Waals surface area contributed by atoms with Gasteiger partial charge in [-0.15, -0.1) is 0 Å². The summed E-state index contributed by atoms with van der Waals surface area (Å²) in [7, 11) is 0. The van der Waals surface area contributed by atoms with Crippen LogP contribution in [0.3, 0.4) is 0 Å². The fourth-order valence-electron chi connectivity index (χ4n) is 5.48. The largest absolute Gasteiger partial charge is 0.450 e. The van der Waals surface area contributed by atoms with E-state index < -0.39 is 5.92 Å². The number of rotatable bonds is 12. The molecule has 0 N–H and O–H groups in total. The fourth-order valence-corrected chi connectivity index (χ4v) is 5.48. The van der Waals surface area contributed by atoms with Crippen LogP contribution in [-0.4, -0.2) is 48.7 Å². The Labute approximate surface area is 305 Å². The topological polar surface area (TPSA) is 156 Å². The van der Waals surface area contributed by atoms with Gasteiger partial charge in [-0.1, -0.05) is 91.9 Å². The van der Waals surface area contributed by atoms with Crippen LogP contribution in [0.15, 0.2) is 131 Å². The first-order valence-corrected chi connectivity index (χ1v) is 16.5. The van der Waals surface area contributed by atoms with Crippen molar-refractivity contribution in [3.05, 3.63) is 154 Å². The van der Waals surface area contributed by atoms with E-state index in [4.69, 9.17) is 11.3 Å². The molecule has 0 radical (unpaired) electrons. The summed E-state index contributed by atoms with van der Waals surface area (Å²) in [6, 6.07) is 27.9. The lowest BCUT2D eigenvalue weighted by molar-refractivity contribution is 0.0872. The van der Waals surface area contributed by atoms with Crippen LogP contribution in [0.25, 0.3) is 16.0 Å². The predicted molar refractivity (Wildman–Crippen MR) is 198 cm³/mol. The van der Waals surface area contributed by atoms with E-state index in [0.29, 0.717) is 49.3 Å². The van der Waals surface area contributed by atoms with Crippen molar-refractivity contribution in [2.45, 2.75) is 20.3 Å². The van der Waals surface area contributed by atoms with Crippen LogP contribution >= 0.6 is 0 Å². The van der Waals surface area contributed by atoms with Crippen LogP contribution in [0.4, 0.5) is 4.79 Å². The number of nitriles is 5. The number of benzene rings is 2. The Morgan fingerprint density at radius 1 is 0.808 bits per heavy atom. The highest BCUT2D eigenvalue weighted by Gasteiger charge is 2.24. The quantitative estimate of drug-likeness (QED) is 0.124. The van der Waals surface area contributed by atoms with Crippen molar-refractivity contribution in [2.75, 3.05) is 32.8 Å². The fraction of sp³-hybridized carbons (Fsp3) is 0.214. The zero-order valence-corrected chi connectivity index (χ0v) is 29.0. The van der Waals surface area contributed by atoms with Crippen LogP contribution in [0, 0.1) is 69.1 Å². The molecule has 10 nitrogen and oxygen atoms in total. The molecule has 10 heteroatoms.